The molecule has 1 heterocycles. The summed E-state index contributed by atoms with van der Waals surface area (Å²) in [7, 11) is 0. The number of nitrogens with one attached hydrogen (secondary N) is 1. The van der Waals surface area contributed by atoms with Crippen LogP contribution in [0.15, 0.2) is 97.1 Å². The molecule has 0 bridgehead atoms. The van der Waals surface area contributed by atoms with Gasteiger partial charge in [0.1, 0.15) is 5.75 Å². The van der Waals surface area contributed by atoms with Crippen molar-refractivity contribution < 1.29 is 9.53 Å². The predicted octanol–water partition coefficient (Wildman–Crippen LogP) is 6.90. The normalized spacial score (nSPS) is 13.1. The van der Waals surface area contributed by atoms with Crippen LogP contribution in [-0.2, 0) is 25.9 Å². The highest BCUT2D eigenvalue weighted by atomic mass is 35.5. The average Bonchev–Trinajstić information content (AvgIpc) is 2.91. The molecule has 4 aromatic rings. The van der Waals surface area contributed by atoms with Crippen molar-refractivity contribution >= 4 is 17.7 Å². The number of rotatable bonds is 7. The standard InChI is InChI=1S/C31H29ClN2O2/c32-29-13-9-26(10-14-29)27-11-15-30(16-12-27)36-31(35)33-19-17-23-5-7-24(8-6-23)21-34-20-18-25-3-1-2-4-28(25)22-34/h1-16H,17-22H2,(H,33,35). The number of nitrogens with zero attached hydrogens (tertiary/aromatic N) is 1. The number of hydrogen-bond donors (Lipinski definition) is 1. The van der Waals surface area contributed by atoms with E-state index < -0.39 is 6.09 Å². The van der Waals surface area contributed by atoms with E-state index in [1.54, 1.807) is 12.1 Å². The fourth-order valence-electron chi connectivity index (χ4n) is 4.57. The van der Waals surface area contributed by atoms with Crippen LogP contribution in [0.1, 0.15) is 22.3 Å². The first-order valence-electron chi connectivity index (χ1n) is 12.3. The highest BCUT2D eigenvalue weighted by molar-refractivity contribution is 6.30. The van der Waals surface area contributed by atoms with Crippen LogP contribution in [-0.4, -0.2) is 24.1 Å². The van der Waals surface area contributed by atoms with Crippen molar-refractivity contribution in [2.75, 3.05) is 13.1 Å². The van der Waals surface area contributed by atoms with Crippen LogP contribution in [0.5, 0.6) is 5.75 Å². The second kappa shape index (κ2) is 11.4. The minimum atomic E-state index is -0.448. The molecule has 1 amide bonds. The van der Waals surface area contributed by atoms with E-state index in [4.69, 9.17) is 16.3 Å². The van der Waals surface area contributed by atoms with E-state index in [0.29, 0.717) is 17.3 Å². The Hall–Kier alpha value is -3.60. The number of benzene rings is 4. The summed E-state index contributed by atoms with van der Waals surface area (Å²) in [5.74, 6) is 0.509. The summed E-state index contributed by atoms with van der Waals surface area (Å²) < 4.78 is 5.41. The summed E-state index contributed by atoms with van der Waals surface area (Å²) in [6, 6.07) is 32.5. The van der Waals surface area contributed by atoms with E-state index in [2.05, 4.69) is 58.7 Å². The molecule has 0 unspecified atom stereocenters. The zero-order valence-corrected chi connectivity index (χ0v) is 20.9. The molecule has 182 valence electrons. The van der Waals surface area contributed by atoms with Crippen LogP contribution in [0.4, 0.5) is 4.79 Å². The molecule has 0 spiro atoms. The van der Waals surface area contributed by atoms with Crippen molar-refractivity contribution in [2.45, 2.75) is 25.9 Å². The number of amides is 1. The van der Waals surface area contributed by atoms with Crippen LogP contribution >= 0.6 is 11.6 Å². The molecule has 0 saturated heterocycles. The van der Waals surface area contributed by atoms with Crippen molar-refractivity contribution in [1.82, 2.24) is 10.2 Å². The molecule has 0 saturated carbocycles. The third kappa shape index (κ3) is 6.34. The van der Waals surface area contributed by atoms with Gasteiger partial charge in [0.05, 0.1) is 0 Å². The Kier molecular flexibility index (Phi) is 7.65. The Labute approximate surface area is 217 Å². The fourth-order valence-corrected chi connectivity index (χ4v) is 4.69. The largest absolute Gasteiger partial charge is 0.412 e. The highest BCUT2D eigenvalue weighted by Crippen LogP contribution is 2.24. The van der Waals surface area contributed by atoms with Crippen LogP contribution in [0, 0.1) is 0 Å². The minimum absolute atomic E-state index is 0.448. The molecule has 0 aliphatic carbocycles. The van der Waals surface area contributed by atoms with E-state index in [1.165, 1.54) is 22.3 Å². The van der Waals surface area contributed by atoms with Crippen LogP contribution in [0.25, 0.3) is 11.1 Å². The van der Waals surface area contributed by atoms with Gasteiger partial charge in [0, 0.05) is 31.2 Å². The van der Waals surface area contributed by atoms with Gasteiger partial charge in [-0.05, 0) is 70.5 Å². The molecule has 0 fully saturated rings. The first-order chi connectivity index (χ1) is 17.6. The van der Waals surface area contributed by atoms with Gasteiger partial charge in [0.15, 0.2) is 0 Å². The number of ether oxygens (including phenoxy) is 1. The van der Waals surface area contributed by atoms with E-state index >= 15 is 0 Å². The SMILES string of the molecule is O=C(NCCc1ccc(CN2CCc3ccccc3C2)cc1)Oc1ccc(-c2ccc(Cl)cc2)cc1. The van der Waals surface area contributed by atoms with Gasteiger partial charge in [0.25, 0.3) is 0 Å². The molecule has 1 aliphatic rings. The maximum absolute atomic E-state index is 12.2. The summed E-state index contributed by atoms with van der Waals surface area (Å²) in [4.78, 5) is 14.7. The average molecular weight is 497 g/mol. The Morgan fingerprint density at radius 3 is 2.17 bits per heavy atom. The molecule has 4 nitrogen and oxygen atoms in total. The van der Waals surface area contributed by atoms with Gasteiger partial charge in [-0.1, -0.05) is 84.4 Å². The summed E-state index contributed by atoms with van der Waals surface area (Å²) in [5, 5.41) is 3.54. The summed E-state index contributed by atoms with van der Waals surface area (Å²) >= 11 is 5.95. The van der Waals surface area contributed by atoms with E-state index in [1.807, 2.05) is 36.4 Å². The lowest BCUT2D eigenvalue weighted by atomic mass is 9.99. The van der Waals surface area contributed by atoms with Gasteiger partial charge < -0.3 is 10.1 Å². The molecule has 5 heteroatoms. The van der Waals surface area contributed by atoms with Gasteiger partial charge in [0.2, 0.25) is 0 Å². The lowest BCUT2D eigenvalue weighted by Crippen LogP contribution is -2.30. The first-order valence-corrected chi connectivity index (χ1v) is 12.7. The number of carbonyl (C=O) groups excluding carboxylic acids is 1. The van der Waals surface area contributed by atoms with Crippen LogP contribution in [0.3, 0.4) is 0 Å². The second-order valence-corrected chi connectivity index (χ2v) is 9.58. The lowest BCUT2D eigenvalue weighted by molar-refractivity contribution is 0.200. The van der Waals surface area contributed by atoms with Crippen LogP contribution < -0.4 is 10.1 Å². The first kappa shape index (κ1) is 24.1. The molecular formula is C31H29ClN2O2. The zero-order chi connectivity index (χ0) is 24.7. The zero-order valence-electron chi connectivity index (χ0n) is 20.1. The summed E-state index contributed by atoms with van der Waals surface area (Å²) in [6.07, 6.45) is 1.42. The molecular weight excluding hydrogens is 468 g/mol. The third-order valence-corrected chi connectivity index (χ3v) is 6.82. The van der Waals surface area contributed by atoms with E-state index in [9.17, 15) is 4.79 Å². The van der Waals surface area contributed by atoms with Crippen molar-refractivity contribution in [1.29, 1.82) is 0 Å². The number of hydrogen-bond acceptors (Lipinski definition) is 3. The van der Waals surface area contributed by atoms with E-state index in [0.717, 1.165) is 43.6 Å². The maximum atomic E-state index is 12.2. The van der Waals surface area contributed by atoms with Gasteiger partial charge in [-0.25, -0.2) is 4.79 Å². The Morgan fingerprint density at radius 1 is 0.806 bits per heavy atom. The van der Waals surface area contributed by atoms with E-state index in [-0.39, 0.29) is 0 Å². The van der Waals surface area contributed by atoms with Crippen molar-refractivity contribution in [3.63, 3.8) is 0 Å². The number of fused-ring (bicyclic) bond motifs is 1. The fraction of sp³-hybridized carbons (Fsp3) is 0.194. The van der Waals surface area contributed by atoms with Crippen molar-refractivity contribution in [3.05, 3.63) is 124 Å². The predicted molar refractivity (Wildman–Crippen MR) is 145 cm³/mol. The van der Waals surface area contributed by atoms with Crippen molar-refractivity contribution in [2.24, 2.45) is 0 Å². The second-order valence-electron chi connectivity index (χ2n) is 9.14. The summed E-state index contributed by atoms with van der Waals surface area (Å²) in [5.41, 5.74) is 7.51. The Morgan fingerprint density at radius 2 is 1.44 bits per heavy atom. The van der Waals surface area contributed by atoms with Gasteiger partial charge >= 0.3 is 6.09 Å². The monoisotopic (exact) mass is 496 g/mol. The lowest BCUT2D eigenvalue weighted by Gasteiger charge is -2.28. The molecule has 5 rings (SSSR count). The summed E-state index contributed by atoms with van der Waals surface area (Å²) in [6.45, 7) is 3.57. The number of halogens is 1. The molecule has 36 heavy (non-hydrogen) atoms. The molecule has 0 radical (unpaired) electrons. The quantitative estimate of drug-likeness (QED) is 0.302. The molecule has 0 aromatic heterocycles. The third-order valence-electron chi connectivity index (χ3n) is 6.56. The molecule has 0 atom stereocenters. The Bertz CT molecular complexity index is 1300. The topological polar surface area (TPSA) is 41.6 Å². The van der Waals surface area contributed by atoms with Crippen LogP contribution in [0.2, 0.25) is 5.02 Å². The van der Waals surface area contributed by atoms with Crippen molar-refractivity contribution in [3.8, 4) is 16.9 Å². The van der Waals surface area contributed by atoms with Gasteiger partial charge in [-0.15, -0.1) is 0 Å². The smallest absolute Gasteiger partial charge is 0.410 e. The maximum Gasteiger partial charge on any atom is 0.412 e. The highest BCUT2D eigenvalue weighted by Gasteiger charge is 2.15. The van der Waals surface area contributed by atoms with Gasteiger partial charge in [-0.2, -0.15) is 0 Å². The number of carbonyl (C=O) groups is 1. The minimum Gasteiger partial charge on any atom is -0.410 e. The molecule has 1 N–H and O–H groups in total. The molecule has 4 aromatic carbocycles. The molecule has 1 aliphatic heterocycles. The van der Waals surface area contributed by atoms with Gasteiger partial charge in [-0.3, -0.25) is 4.90 Å². The Balaban J connectivity index is 1.05.